The van der Waals surface area contributed by atoms with Gasteiger partial charge in [0.2, 0.25) is 0 Å². The number of nitrogens with one attached hydrogen (secondary N) is 1. The highest BCUT2D eigenvalue weighted by Crippen LogP contribution is 2.52. The molecule has 1 aliphatic carbocycles. The quantitative estimate of drug-likeness (QED) is 0.780. The molecule has 1 aliphatic rings. The van der Waals surface area contributed by atoms with Crippen LogP contribution in [0.5, 0.6) is 0 Å². The van der Waals surface area contributed by atoms with Gasteiger partial charge in [-0.1, -0.05) is 26.7 Å². The van der Waals surface area contributed by atoms with Crippen LogP contribution in [-0.4, -0.2) is 10.2 Å². The normalized spacial score (nSPS) is 18.0. The van der Waals surface area contributed by atoms with Gasteiger partial charge >= 0.3 is 0 Å². The number of hydrogen-bond donors (Lipinski definition) is 2. The zero-order valence-electron chi connectivity index (χ0n) is 9.77. The lowest BCUT2D eigenvalue weighted by Gasteiger charge is -2.14. The van der Waals surface area contributed by atoms with Crippen LogP contribution in [-0.2, 0) is 11.8 Å². The van der Waals surface area contributed by atoms with Crippen molar-refractivity contribution in [2.45, 2.75) is 57.8 Å². The number of rotatable bonds is 5. The highest BCUT2D eigenvalue weighted by molar-refractivity contribution is 5.47. The van der Waals surface area contributed by atoms with E-state index < -0.39 is 0 Å². The molecule has 1 fully saturated rings. The Morgan fingerprint density at radius 1 is 1.33 bits per heavy atom. The molecule has 0 aliphatic heterocycles. The first-order chi connectivity index (χ1) is 7.23. The van der Waals surface area contributed by atoms with Gasteiger partial charge in [0, 0.05) is 16.7 Å². The second kappa shape index (κ2) is 3.87. The van der Waals surface area contributed by atoms with E-state index in [1.807, 2.05) is 0 Å². The number of hydrogen-bond acceptors (Lipinski definition) is 2. The molecular weight excluding hydrogens is 186 g/mol. The minimum Gasteiger partial charge on any atom is -0.382 e. The lowest BCUT2D eigenvalue weighted by atomic mass is 9.92. The van der Waals surface area contributed by atoms with E-state index in [-0.39, 0.29) is 0 Å². The summed E-state index contributed by atoms with van der Waals surface area (Å²) < 4.78 is 0. The Hall–Kier alpha value is -0.990. The lowest BCUT2D eigenvalue weighted by molar-refractivity contribution is 0.581. The van der Waals surface area contributed by atoms with E-state index in [0.717, 1.165) is 12.8 Å². The fourth-order valence-corrected chi connectivity index (χ4v) is 2.58. The van der Waals surface area contributed by atoms with Crippen LogP contribution in [0.4, 0.5) is 5.82 Å². The third-order valence-corrected chi connectivity index (χ3v) is 3.51. The van der Waals surface area contributed by atoms with Gasteiger partial charge in [0.1, 0.15) is 5.82 Å². The van der Waals surface area contributed by atoms with Gasteiger partial charge in [-0.05, 0) is 25.7 Å². The number of aromatic amines is 1. The van der Waals surface area contributed by atoms with Gasteiger partial charge in [0.05, 0.1) is 0 Å². The van der Waals surface area contributed by atoms with Crippen molar-refractivity contribution in [1.29, 1.82) is 0 Å². The molecule has 1 saturated carbocycles. The van der Waals surface area contributed by atoms with E-state index in [9.17, 15) is 0 Å². The Bertz CT molecular complexity index is 337. The largest absolute Gasteiger partial charge is 0.382 e. The fraction of sp³-hybridized carbons (Fsp3) is 0.750. The number of aromatic nitrogens is 2. The van der Waals surface area contributed by atoms with Crippen molar-refractivity contribution in [3.05, 3.63) is 11.3 Å². The summed E-state index contributed by atoms with van der Waals surface area (Å²) in [6.07, 6.45) is 7.32. The molecule has 1 aromatic heterocycles. The summed E-state index contributed by atoms with van der Waals surface area (Å²) in [6, 6.07) is 0. The highest BCUT2D eigenvalue weighted by atomic mass is 15.2. The molecule has 0 amide bonds. The first-order valence-electron chi connectivity index (χ1n) is 6.06. The Morgan fingerprint density at radius 2 is 2.07 bits per heavy atom. The molecule has 0 bridgehead atoms. The number of H-pyrrole nitrogens is 1. The zero-order chi connectivity index (χ0) is 10.9. The van der Waals surface area contributed by atoms with Gasteiger partial charge in [-0.2, -0.15) is 5.10 Å². The summed E-state index contributed by atoms with van der Waals surface area (Å²) in [5.74, 6) is 0.717. The number of nitrogen functional groups attached to an aromatic ring is 1. The van der Waals surface area contributed by atoms with Gasteiger partial charge in [-0.15, -0.1) is 0 Å². The van der Waals surface area contributed by atoms with Gasteiger partial charge in [0.15, 0.2) is 0 Å². The molecule has 3 heteroatoms. The number of nitrogens with zero attached hydrogens (tertiary/aromatic N) is 1. The van der Waals surface area contributed by atoms with Crippen molar-refractivity contribution >= 4 is 5.82 Å². The molecule has 0 radical (unpaired) electrons. The maximum absolute atomic E-state index is 5.91. The van der Waals surface area contributed by atoms with Gasteiger partial charge in [-0.25, -0.2) is 0 Å². The summed E-state index contributed by atoms with van der Waals surface area (Å²) in [6.45, 7) is 4.44. The van der Waals surface area contributed by atoms with Crippen molar-refractivity contribution < 1.29 is 0 Å². The summed E-state index contributed by atoms with van der Waals surface area (Å²) in [5.41, 5.74) is 8.93. The summed E-state index contributed by atoms with van der Waals surface area (Å²) in [4.78, 5) is 0. The third-order valence-electron chi connectivity index (χ3n) is 3.51. The molecule has 0 spiro atoms. The molecule has 3 nitrogen and oxygen atoms in total. The summed E-state index contributed by atoms with van der Waals surface area (Å²) in [5, 5.41) is 7.35. The van der Waals surface area contributed by atoms with Gasteiger partial charge in [-0.3, -0.25) is 5.10 Å². The van der Waals surface area contributed by atoms with Gasteiger partial charge in [0.25, 0.3) is 0 Å². The second-order valence-electron chi connectivity index (χ2n) is 4.74. The molecule has 0 unspecified atom stereocenters. The van der Waals surface area contributed by atoms with Crippen molar-refractivity contribution in [1.82, 2.24) is 10.2 Å². The van der Waals surface area contributed by atoms with Crippen LogP contribution in [0.1, 0.15) is 57.2 Å². The first-order valence-corrected chi connectivity index (χ1v) is 6.06. The van der Waals surface area contributed by atoms with Crippen LogP contribution in [0.25, 0.3) is 0 Å². The first kappa shape index (κ1) is 10.5. The molecule has 15 heavy (non-hydrogen) atoms. The summed E-state index contributed by atoms with van der Waals surface area (Å²) in [7, 11) is 0. The molecule has 3 N–H and O–H groups in total. The predicted molar refractivity (Wildman–Crippen MR) is 62.8 cm³/mol. The Labute approximate surface area is 91.4 Å². The maximum Gasteiger partial charge on any atom is 0.148 e. The predicted octanol–water partition coefficient (Wildman–Crippen LogP) is 2.78. The van der Waals surface area contributed by atoms with Crippen molar-refractivity contribution in [3.63, 3.8) is 0 Å². The Kier molecular flexibility index (Phi) is 2.72. The molecule has 0 atom stereocenters. The molecule has 1 aromatic rings. The topological polar surface area (TPSA) is 54.7 Å². The van der Waals surface area contributed by atoms with E-state index in [1.54, 1.807) is 0 Å². The maximum atomic E-state index is 5.91. The van der Waals surface area contributed by atoms with E-state index in [1.165, 1.54) is 36.9 Å². The van der Waals surface area contributed by atoms with Crippen molar-refractivity contribution in [3.8, 4) is 0 Å². The zero-order valence-corrected chi connectivity index (χ0v) is 9.77. The summed E-state index contributed by atoms with van der Waals surface area (Å²) >= 11 is 0. The Balaban J connectivity index is 2.27. The monoisotopic (exact) mass is 207 g/mol. The van der Waals surface area contributed by atoms with Crippen LogP contribution < -0.4 is 5.73 Å². The lowest BCUT2D eigenvalue weighted by Crippen LogP contribution is -2.10. The fourth-order valence-electron chi connectivity index (χ4n) is 2.58. The number of nitrogens with two attached hydrogens (primary N) is 1. The minimum atomic E-state index is 0.407. The molecular formula is C12H21N3. The van der Waals surface area contributed by atoms with E-state index in [2.05, 4.69) is 24.0 Å². The highest BCUT2D eigenvalue weighted by Gasteiger charge is 2.46. The standard InChI is InChI=1S/C12H21N3/c1-3-5-9-10(14-15-11(9)13)12(6-4-2)7-8-12/h3-8H2,1-2H3,(H3,13,14,15). The number of anilines is 1. The van der Waals surface area contributed by atoms with E-state index >= 15 is 0 Å². The van der Waals surface area contributed by atoms with Crippen LogP contribution in [0.15, 0.2) is 0 Å². The molecule has 84 valence electrons. The smallest absolute Gasteiger partial charge is 0.148 e. The van der Waals surface area contributed by atoms with Crippen LogP contribution >= 0.6 is 0 Å². The third kappa shape index (κ3) is 1.75. The molecule has 0 aromatic carbocycles. The minimum absolute atomic E-state index is 0.407. The SMILES string of the molecule is CCCc1c(N)n[nH]c1C1(CCC)CC1. The van der Waals surface area contributed by atoms with Gasteiger partial charge < -0.3 is 5.73 Å². The van der Waals surface area contributed by atoms with Crippen LogP contribution in [0.2, 0.25) is 0 Å². The van der Waals surface area contributed by atoms with Crippen molar-refractivity contribution in [2.75, 3.05) is 5.73 Å². The van der Waals surface area contributed by atoms with Crippen LogP contribution in [0, 0.1) is 0 Å². The molecule has 2 rings (SSSR count). The Morgan fingerprint density at radius 3 is 2.60 bits per heavy atom. The van der Waals surface area contributed by atoms with E-state index in [0.29, 0.717) is 11.2 Å². The second-order valence-corrected chi connectivity index (χ2v) is 4.74. The van der Waals surface area contributed by atoms with Crippen LogP contribution in [0.3, 0.4) is 0 Å². The van der Waals surface area contributed by atoms with Crippen molar-refractivity contribution in [2.24, 2.45) is 0 Å². The molecule has 1 heterocycles. The molecule has 0 saturated heterocycles. The van der Waals surface area contributed by atoms with E-state index in [4.69, 9.17) is 5.73 Å². The average Bonchev–Trinajstić information content (AvgIpc) is 2.89. The average molecular weight is 207 g/mol.